The maximum absolute atomic E-state index is 13.5. The summed E-state index contributed by atoms with van der Waals surface area (Å²) in [5.74, 6) is -0.562. The topological polar surface area (TPSA) is 81.2 Å². The van der Waals surface area contributed by atoms with Crippen molar-refractivity contribution in [3.05, 3.63) is 65.2 Å². The van der Waals surface area contributed by atoms with Crippen molar-refractivity contribution >= 4 is 34.3 Å². The van der Waals surface area contributed by atoms with Gasteiger partial charge in [-0.15, -0.1) is 0 Å². The lowest BCUT2D eigenvalue weighted by atomic mass is 9.38. The van der Waals surface area contributed by atoms with Crippen LogP contribution in [0.2, 0.25) is 5.02 Å². The van der Waals surface area contributed by atoms with Crippen molar-refractivity contribution < 1.29 is 18.7 Å². The minimum absolute atomic E-state index is 0.00967. The summed E-state index contributed by atoms with van der Waals surface area (Å²) in [5.41, 5.74) is 1.46. The molecule has 2 bridgehead atoms. The molecule has 158 valence electrons. The molecule has 2 heterocycles. The smallest absolute Gasteiger partial charge is 0.270 e. The van der Waals surface area contributed by atoms with Crippen LogP contribution in [0.3, 0.4) is 0 Å². The first-order valence-corrected chi connectivity index (χ1v) is 10.4. The van der Waals surface area contributed by atoms with Crippen LogP contribution < -0.4 is 10.1 Å². The molecule has 0 spiro atoms. The maximum atomic E-state index is 13.5. The van der Waals surface area contributed by atoms with E-state index in [1.54, 1.807) is 24.4 Å². The fourth-order valence-electron chi connectivity index (χ4n) is 4.91. The Morgan fingerprint density at radius 3 is 2.71 bits per heavy atom. The van der Waals surface area contributed by atoms with Crippen molar-refractivity contribution in [3.8, 4) is 5.75 Å². The van der Waals surface area contributed by atoms with Crippen molar-refractivity contribution in [2.75, 3.05) is 6.61 Å². The van der Waals surface area contributed by atoms with Gasteiger partial charge in [-0.1, -0.05) is 11.6 Å². The molecule has 6 rings (SSSR count). The Labute approximate surface area is 182 Å². The first-order chi connectivity index (χ1) is 14.9. The average Bonchev–Trinajstić information content (AvgIpc) is 2.71. The molecule has 8 heteroatoms. The number of pyridine rings is 2. The number of carbonyl (C=O) groups excluding carboxylic acids is 2. The van der Waals surface area contributed by atoms with E-state index in [1.807, 2.05) is 6.07 Å². The summed E-state index contributed by atoms with van der Waals surface area (Å²) in [7, 11) is 0. The Kier molecular flexibility index (Phi) is 4.66. The van der Waals surface area contributed by atoms with E-state index in [0.29, 0.717) is 17.6 Å². The van der Waals surface area contributed by atoms with Crippen LogP contribution in [0.25, 0.3) is 11.0 Å². The van der Waals surface area contributed by atoms with Gasteiger partial charge in [-0.25, -0.2) is 9.37 Å². The van der Waals surface area contributed by atoms with Gasteiger partial charge < -0.3 is 10.1 Å². The minimum Gasteiger partial charge on any atom is -0.486 e. The van der Waals surface area contributed by atoms with E-state index in [9.17, 15) is 14.0 Å². The van der Waals surface area contributed by atoms with Crippen LogP contribution in [0, 0.1) is 11.2 Å². The van der Waals surface area contributed by atoms with E-state index >= 15 is 0 Å². The number of benzene rings is 1. The van der Waals surface area contributed by atoms with Crippen LogP contribution in [0.5, 0.6) is 5.75 Å². The second-order valence-electron chi connectivity index (χ2n) is 8.58. The molecule has 3 aliphatic rings. The summed E-state index contributed by atoms with van der Waals surface area (Å²) in [5, 5.41) is 3.10. The van der Waals surface area contributed by atoms with Crippen molar-refractivity contribution in [2.24, 2.45) is 5.41 Å². The summed E-state index contributed by atoms with van der Waals surface area (Å²) < 4.78 is 18.8. The van der Waals surface area contributed by atoms with Crippen LogP contribution >= 0.6 is 11.6 Å². The highest BCUT2D eigenvalue weighted by atomic mass is 35.5. The van der Waals surface area contributed by atoms with Crippen LogP contribution in [0.1, 0.15) is 36.2 Å². The van der Waals surface area contributed by atoms with Gasteiger partial charge in [0.1, 0.15) is 23.9 Å². The minimum atomic E-state index is -0.583. The molecular formula is C23H19ClFN3O3. The number of rotatable bonds is 7. The Morgan fingerprint density at radius 2 is 1.94 bits per heavy atom. The lowest BCUT2D eigenvalue weighted by Crippen LogP contribution is -2.75. The van der Waals surface area contributed by atoms with E-state index in [1.165, 1.54) is 12.1 Å². The number of ether oxygens (including phenoxy) is 1. The van der Waals surface area contributed by atoms with Crippen molar-refractivity contribution in [1.82, 2.24) is 15.3 Å². The number of amides is 1. The van der Waals surface area contributed by atoms with Crippen LogP contribution in [0.15, 0.2) is 48.7 Å². The van der Waals surface area contributed by atoms with E-state index in [-0.39, 0.29) is 40.0 Å². The zero-order chi connectivity index (χ0) is 21.6. The number of hydrogen-bond donors (Lipinski definition) is 1. The number of ketones is 1. The van der Waals surface area contributed by atoms with Crippen molar-refractivity contribution in [3.63, 3.8) is 0 Å². The molecule has 0 aliphatic heterocycles. The Hall–Kier alpha value is -3.06. The highest BCUT2D eigenvalue weighted by molar-refractivity contribution is 6.30. The van der Waals surface area contributed by atoms with Crippen LogP contribution in [0.4, 0.5) is 4.39 Å². The second kappa shape index (κ2) is 7.27. The summed E-state index contributed by atoms with van der Waals surface area (Å²) >= 11 is 5.64. The summed E-state index contributed by atoms with van der Waals surface area (Å²) in [4.78, 5) is 33.6. The zero-order valence-corrected chi connectivity index (χ0v) is 17.3. The molecule has 1 amide bonds. The van der Waals surface area contributed by atoms with Gasteiger partial charge >= 0.3 is 0 Å². The maximum Gasteiger partial charge on any atom is 0.270 e. The molecule has 0 radical (unpaired) electrons. The van der Waals surface area contributed by atoms with Crippen molar-refractivity contribution in [1.29, 1.82) is 0 Å². The molecule has 3 aromatic rings. The molecule has 2 aromatic heterocycles. The average molecular weight is 440 g/mol. The molecule has 0 atom stereocenters. The first-order valence-electron chi connectivity index (χ1n) is 9.99. The number of fused-ring (bicyclic) bond motifs is 1. The third kappa shape index (κ3) is 3.74. The molecule has 6 nitrogen and oxygen atoms in total. The Morgan fingerprint density at radius 1 is 1.13 bits per heavy atom. The van der Waals surface area contributed by atoms with E-state index in [0.717, 1.165) is 30.8 Å². The molecule has 3 aliphatic carbocycles. The van der Waals surface area contributed by atoms with Gasteiger partial charge in [0.2, 0.25) is 0 Å². The number of aromatic nitrogens is 2. The number of hydrogen-bond acceptors (Lipinski definition) is 5. The molecule has 1 N–H and O–H groups in total. The fraction of sp³-hybridized carbons (Fsp3) is 0.304. The highest BCUT2D eigenvalue weighted by Gasteiger charge is 2.68. The van der Waals surface area contributed by atoms with Gasteiger partial charge in [0.15, 0.2) is 5.78 Å². The lowest BCUT2D eigenvalue weighted by Gasteiger charge is -2.70. The molecule has 0 unspecified atom stereocenters. The number of nitrogens with one attached hydrogen (secondary N) is 1. The van der Waals surface area contributed by atoms with E-state index in [4.69, 9.17) is 16.3 Å². The molecule has 3 saturated carbocycles. The monoisotopic (exact) mass is 439 g/mol. The summed E-state index contributed by atoms with van der Waals surface area (Å²) in [6.07, 6.45) is 4.37. The van der Waals surface area contributed by atoms with Crippen LogP contribution in [-0.4, -0.2) is 33.8 Å². The highest BCUT2D eigenvalue weighted by Crippen LogP contribution is 2.69. The quantitative estimate of drug-likeness (QED) is 0.599. The predicted molar refractivity (Wildman–Crippen MR) is 113 cm³/mol. The molecule has 3 fully saturated rings. The largest absolute Gasteiger partial charge is 0.486 e. The molecule has 31 heavy (non-hydrogen) atoms. The van der Waals surface area contributed by atoms with E-state index in [2.05, 4.69) is 15.3 Å². The van der Waals surface area contributed by atoms with Gasteiger partial charge in [0.05, 0.1) is 16.1 Å². The number of nitrogens with zero attached hydrogens (tertiary/aromatic N) is 2. The molecule has 0 saturated heterocycles. The number of halogens is 2. The number of carbonyl (C=O) groups is 2. The predicted octanol–water partition coefficient (Wildman–Crippen LogP) is 4.11. The van der Waals surface area contributed by atoms with Gasteiger partial charge in [0.25, 0.3) is 5.91 Å². The van der Waals surface area contributed by atoms with Gasteiger partial charge in [-0.3, -0.25) is 14.6 Å². The molecular weight excluding hydrogens is 421 g/mol. The Balaban J connectivity index is 1.12. The fourth-order valence-corrected chi connectivity index (χ4v) is 5.02. The third-order valence-electron chi connectivity index (χ3n) is 6.07. The second-order valence-corrected chi connectivity index (χ2v) is 8.99. The lowest BCUT2D eigenvalue weighted by molar-refractivity contribution is -0.162. The van der Waals surface area contributed by atoms with E-state index < -0.39 is 5.82 Å². The SMILES string of the molecule is O=C(COc1ccc(Cl)c(F)c1)CC12CC(NC(=O)c3ccc4ncccc4n3)(C1)C2. The van der Waals surface area contributed by atoms with Crippen molar-refractivity contribution in [2.45, 2.75) is 31.2 Å². The summed E-state index contributed by atoms with van der Waals surface area (Å²) in [6.45, 7) is -0.114. The zero-order valence-electron chi connectivity index (χ0n) is 16.5. The molecule has 1 aromatic carbocycles. The number of Topliss-reactive ketones (excluding diaryl/α,β-unsaturated/α-hetero) is 1. The van der Waals surface area contributed by atoms with Crippen LogP contribution in [-0.2, 0) is 4.79 Å². The Bertz CT molecular complexity index is 1200. The van der Waals surface area contributed by atoms with Gasteiger partial charge in [-0.05, 0) is 61.1 Å². The normalized spacial score (nSPS) is 23.5. The third-order valence-corrected chi connectivity index (χ3v) is 6.38. The van der Waals surface area contributed by atoms with Gasteiger partial charge in [0, 0.05) is 24.2 Å². The first kappa shape index (κ1) is 19.9. The van der Waals surface area contributed by atoms with Gasteiger partial charge in [-0.2, -0.15) is 0 Å². The standard InChI is InChI=1S/C23H19ClFN3O3/c24-16-4-3-15(8-17(16)25)31-10-14(29)9-22-11-23(12-22,13-22)28-21(30)20-6-5-18-19(27-20)2-1-7-26-18/h1-8H,9-13H2,(H,28,30). The summed E-state index contributed by atoms with van der Waals surface area (Å²) in [6, 6.07) is 11.1.